The number of rotatable bonds is 0. The Kier molecular flexibility index (Phi) is 10.5. The summed E-state index contributed by atoms with van der Waals surface area (Å²) in [6.45, 7) is 0. The van der Waals surface area contributed by atoms with E-state index < -0.39 is 26.7 Å². The fourth-order valence-corrected chi connectivity index (χ4v) is 0. The zero-order chi connectivity index (χ0) is 9.00. The minimum atomic E-state index is -5.62. The molecule has 66 valence electrons. The third-order valence-electron chi connectivity index (χ3n) is 0. The van der Waals surface area contributed by atoms with Gasteiger partial charge in [-0.3, -0.25) is 0 Å². The molecule has 11 heteroatoms. The fraction of sp³-hybridized carbons (Fsp3) is 0. The second-order valence-corrected chi connectivity index (χ2v) is 3.12. The Balaban J connectivity index is -0.000000107. The molecule has 0 amide bonds. The van der Waals surface area contributed by atoms with Gasteiger partial charge < -0.3 is 0 Å². The van der Waals surface area contributed by atoms with Gasteiger partial charge in [-0.15, -0.1) is 0 Å². The van der Waals surface area contributed by atoms with Crippen molar-refractivity contribution in [2.75, 3.05) is 0 Å². The molecule has 0 aromatic carbocycles. The van der Waals surface area contributed by atoms with E-state index in [4.69, 9.17) is 32.1 Å². The SMILES string of the molecule is [Hf+4].[O]=[Mn](=[O])([O-])[O-].[O]=[Mn](=[O])([O-])[O-]. The van der Waals surface area contributed by atoms with Gasteiger partial charge in [0.1, 0.15) is 0 Å². The Morgan fingerprint density at radius 2 is 0.636 bits per heavy atom. The van der Waals surface area contributed by atoms with Crippen LogP contribution in [0.1, 0.15) is 0 Å². The van der Waals surface area contributed by atoms with Crippen LogP contribution in [0, 0.1) is 0 Å². The van der Waals surface area contributed by atoms with Crippen LogP contribution in [0.4, 0.5) is 0 Å². The van der Waals surface area contributed by atoms with Crippen molar-refractivity contribution < 1.29 is 84.7 Å². The third kappa shape index (κ3) is 973. The normalized spacial score (nSPS) is 10.5. The molecule has 0 fully saturated rings. The van der Waals surface area contributed by atoms with Crippen LogP contribution in [0.15, 0.2) is 0 Å². The molecule has 0 saturated heterocycles. The second kappa shape index (κ2) is 6.46. The second-order valence-electron chi connectivity index (χ2n) is 0.756. The summed E-state index contributed by atoms with van der Waals surface area (Å²) in [5.41, 5.74) is 0. The van der Waals surface area contributed by atoms with Gasteiger partial charge >= 0.3 is 84.7 Å². The van der Waals surface area contributed by atoms with Crippen LogP contribution in [0.3, 0.4) is 0 Å². The molecule has 0 saturated carbocycles. The average molecular weight is 416 g/mol. The van der Waals surface area contributed by atoms with Crippen molar-refractivity contribution in [3.05, 3.63) is 0 Å². The summed E-state index contributed by atoms with van der Waals surface area (Å²) in [5, 5.41) is 0. The van der Waals surface area contributed by atoms with E-state index in [1.54, 1.807) is 0 Å². The minimum absolute atomic E-state index is 0. The molecule has 0 aliphatic carbocycles. The van der Waals surface area contributed by atoms with Crippen molar-refractivity contribution in [3.8, 4) is 0 Å². The van der Waals surface area contributed by atoms with E-state index in [9.17, 15) is 0 Å². The average Bonchev–Trinajstić information content (AvgIpc) is 1.12. The number of hydrogen-bond acceptors (Lipinski definition) is 8. The quantitative estimate of drug-likeness (QED) is 0.354. The molecule has 0 heterocycles. The molecule has 0 aromatic rings. The first-order valence-electron chi connectivity index (χ1n) is 1.23. The molecule has 0 N–H and O–H groups in total. The monoisotopic (exact) mass is 418 g/mol. The van der Waals surface area contributed by atoms with E-state index in [-0.39, 0.29) is 25.8 Å². The molecule has 0 spiro atoms. The predicted molar refractivity (Wildman–Crippen MR) is 2.75 cm³/mol. The molecule has 0 aromatic heterocycles. The summed E-state index contributed by atoms with van der Waals surface area (Å²) in [4.78, 5) is 0. The zero-order valence-corrected chi connectivity index (χ0v) is 10.5. The van der Waals surface area contributed by atoms with E-state index in [1.807, 2.05) is 0 Å². The standard InChI is InChI=1S/Hf.2Mn.8O/q+4;;;;;;;4*-1. The predicted octanol–water partition coefficient (Wildman–Crippen LogP) is -5.24. The molecular weight excluding hydrogens is 416 g/mol. The van der Waals surface area contributed by atoms with E-state index in [2.05, 4.69) is 0 Å². The van der Waals surface area contributed by atoms with Gasteiger partial charge in [0.25, 0.3) is 0 Å². The molecule has 0 aliphatic heterocycles. The van der Waals surface area contributed by atoms with E-state index >= 15 is 0 Å². The van der Waals surface area contributed by atoms with Crippen LogP contribution >= 0.6 is 0 Å². The molecule has 0 aliphatic rings. The van der Waals surface area contributed by atoms with Gasteiger partial charge in [-0.2, -0.15) is 0 Å². The van der Waals surface area contributed by atoms with Crippen molar-refractivity contribution in [2.24, 2.45) is 0 Å². The topological polar surface area (TPSA) is 161 Å². The van der Waals surface area contributed by atoms with Crippen LogP contribution in [0.5, 0.6) is 0 Å². The molecule has 0 unspecified atom stereocenters. The Morgan fingerprint density at radius 1 is 0.636 bits per heavy atom. The molecule has 8 nitrogen and oxygen atoms in total. The fourth-order valence-electron chi connectivity index (χ4n) is 0. The van der Waals surface area contributed by atoms with Gasteiger partial charge in [0.05, 0.1) is 0 Å². The maximum atomic E-state index is 8.58. The van der Waals surface area contributed by atoms with Crippen molar-refractivity contribution in [1.29, 1.82) is 0 Å². The number of hydrogen-bond donors (Lipinski definition) is 0. The van der Waals surface area contributed by atoms with Gasteiger partial charge in [0.2, 0.25) is 0 Å². The first-order chi connectivity index (χ1) is 4.00. The van der Waals surface area contributed by atoms with Gasteiger partial charge in [-0.25, -0.2) is 0 Å². The Morgan fingerprint density at radius 3 is 0.636 bits per heavy atom. The van der Waals surface area contributed by atoms with Crippen molar-refractivity contribution in [3.63, 3.8) is 0 Å². The summed E-state index contributed by atoms with van der Waals surface area (Å²) >= 11 is -11.2. The molecule has 0 radical (unpaired) electrons. The van der Waals surface area contributed by atoms with Gasteiger partial charge in [-0.1, -0.05) is 0 Å². The molecule has 11 heavy (non-hydrogen) atoms. The van der Waals surface area contributed by atoms with E-state index in [0.29, 0.717) is 0 Å². The maximum absolute atomic E-state index is 8.58. The summed E-state index contributed by atoms with van der Waals surface area (Å²) < 4.78 is 68.6. The molecule has 0 bridgehead atoms. The van der Waals surface area contributed by atoms with Crippen molar-refractivity contribution >= 4 is 0 Å². The Bertz CT molecular complexity index is 208. The third-order valence-corrected chi connectivity index (χ3v) is 0. The van der Waals surface area contributed by atoms with Crippen LogP contribution in [-0.4, -0.2) is 0 Å². The van der Waals surface area contributed by atoms with Crippen LogP contribution in [0.2, 0.25) is 0 Å². The Labute approximate surface area is 84.2 Å². The summed E-state index contributed by atoms with van der Waals surface area (Å²) in [6.07, 6.45) is 0. The molecule has 0 atom stereocenters. The summed E-state index contributed by atoms with van der Waals surface area (Å²) in [6, 6.07) is 0. The molecule has 0 rings (SSSR count). The van der Waals surface area contributed by atoms with Crippen LogP contribution < -0.4 is 16.8 Å². The van der Waals surface area contributed by atoms with Gasteiger partial charge in [0, 0.05) is 0 Å². The van der Waals surface area contributed by atoms with Gasteiger partial charge in [-0.05, 0) is 0 Å². The zero-order valence-electron chi connectivity index (χ0n) is 4.52. The first kappa shape index (κ1) is 17.9. The first-order valence-corrected chi connectivity index (χ1v) is 5.09. The van der Waals surface area contributed by atoms with Crippen molar-refractivity contribution in [1.82, 2.24) is 0 Å². The summed E-state index contributed by atoms with van der Waals surface area (Å²) in [7, 11) is 0. The van der Waals surface area contributed by atoms with Crippen LogP contribution in [-0.2, 0) is 67.9 Å². The van der Waals surface area contributed by atoms with Crippen molar-refractivity contribution in [2.45, 2.75) is 0 Å². The summed E-state index contributed by atoms with van der Waals surface area (Å²) in [5.74, 6) is 0. The van der Waals surface area contributed by atoms with E-state index in [0.717, 1.165) is 0 Å². The van der Waals surface area contributed by atoms with Crippen LogP contribution in [0.25, 0.3) is 0 Å². The van der Waals surface area contributed by atoms with E-state index in [1.165, 1.54) is 0 Å². The Hall–Kier alpha value is 0.949. The molecular formula is HfMn2O8. The van der Waals surface area contributed by atoms with Gasteiger partial charge in [0.15, 0.2) is 0 Å².